The van der Waals surface area contributed by atoms with Gasteiger partial charge in [0.2, 0.25) is 5.60 Å². The lowest BCUT2D eigenvalue weighted by Gasteiger charge is -2.20. The number of para-hydroxylation sites is 2. The summed E-state index contributed by atoms with van der Waals surface area (Å²) in [5, 5.41) is 0.710. The third-order valence-electron chi connectivity index (χ3n) is 4.47. The van der Waals surface area contributed by atoms with Gasteiger partial charge in [-0.15, -0.1) is 5.01 Å². The highest BCUT2D eigenvalue weighted by Gasteiger charge is 2.52. The molecule has 0 radical (unpaired) electrons. The number of nitrogens with zero attached hydrogens (tertiary/aromatic N) is 1. The molecule has 29 heavy (non-hydrogen) atoms. The number of rotatable bonds is 6. The number of hydrazine groups is 1. The molecule has 1 aliphatic heterocycles. The van der Waals surface area contributed by atoms with Crippen molar-refractivity contribution in [2.24, 2.45) is 0 Å². The molecule has 1 fully saturated rings. The zero-order valence-corrected chi connectivity index (χ0v) is 15.6. The highest BCUT2D eigenvalue weighted by Crippen LogP contribution is 2.35. The fraction of sp³-hybridized carbons (Fsp3) is 0.0909. The van der Waals surface area contributed by atoms with E-state index in [4.69, 9.17) is 14.3 Å². The van der Waals surface area contributed by atoms with Crippen molar-refractivity contribution in [1.82, 2.24) is 10.6 Å². The molecule has 2 amide bonds. The molecule has 0 spiro atoms. The Labute approximate surface area is 167 Å². The molecule has 7 heteroatoms. The maximum atomic E-state index is 12.8. The van der Waals surface area contributed by atoms with Gasteiger partial charge in [0.25, 0.3) is 5.91 Å². The number of cyclic esters (lactones) is 1. The Morgan fingerprint density at radius 2 is 1.34 bits per heavy atom. The summed E-state index contributed by atoms with van der Waals surface area (Å²) in [6.45, 7) is 1.53. The first-order chi connectivity index (χ1) is 14.1. The van der Waals surface area contributed by atoms with Crippen LogP contribution in [0.4, 0.5) is 4.79 Å². The minimum atomic E-state index is -1.48. The summed E-state index contributed by atoms with van der Waals surface area (Å²) in [6.07, 6.45) is -0.849. The summed E-state index contributed by atoms with van der Waals surface area (Å²) in [5.74, 6) is 1.16. The fourth-order valence-electron chi connectivity index (χ4n) is 2.87. The van der Waals surface area contributed by atoms with E-state index in [1.165, 1.54) is 6.92 Å². The van der Waals surface area contributed by atoms with Gasteiger partial charge in [-0.3, -0.25) is 4.79 Å². The second-order valence-electron chi connectivity index (χ2n) is 6.49. The van der Waals surface area contributed by atoms with Crippen LogP contribution in [0.3, 0.4) is 0 Å². The molecular weight excluding hydrogens is 372 g/mol. The van der Waals surface area contributed by atoms with Crippen LogP contribution < -0.4 is 15.2 Å². The number of nitrogens with one attached hydrogen (secondary N) is 1. The quantitative estimate of drug-likeness (QED) is 0.637. The number of imide groups is 1. The highest BCUT2D eigenvalue weighted by atomic mass is 16.7. The van der Waals surface area contributed by atoms with Crippen LogP contribution >= 0.6 is 0 Å². The summed E-state index contributed by atoms with van der Waals surface area (Å²) in [5.41, 5.74) is 1.39. The van der Waals surface area contributed by atoms with Crippen LogP contribution in [0.15, 0.2) is 84.9 Å². The van der Waals surface area contributed by atoms with Crippen molar-refractivity contribution >= 4 is 12.0 Å². The molecule has 4 rings (SSSR count). The predicted molar refractivity (Wildman–Crippen MR) is 104 cm³/mol. The van der Waals surface area contributed by atoms with Crippen molar-refractivity contribution in [2.75, 3.05) is 0 Å². The first-order valence-electron chi connectivity index (χ1n) is 8.95. The van der Waals surface area contributed by atoms with Gasteiger partial charge in [-0.1, -0.05) is 54.1 Å². The second kappa shape index (κ2) is 7.65. The normalized spacial score (nSPS) is 18.4. The number of benzene rings is 3. The van der Waals surface area contributed by atoms with E-state index in [-0.39, 0.29) is 0 Å². The van der Waals surface area contributed by atoms with Gasteiger partial charge >= 0.3 is 6.09 Å². The Morgan fingerprint density at radius 1 is 0.793 bits per heavy atom. The average Bonchev–Trinajstić information content (AvgIpc) is 2.97. The molecule has 0 aliphatic carbocycles. The van der Waals surface area contributed by atoms with E-state index in [9.17, 15) is 9.59 Å². The SMILES string of the molecule is C[C@@]1(c2ccc(Oc3ccccc3)cc2)OC(=O)N(NOc2ccccc2)C1=O. The molecule has 3 aromatic rings. The number of amides is 2. The predicted octanol–water partition coefficient (Wildman–Crippen LogP) is 4.17. The monoisotopic (exact) mass is 390 g/mol. The van der Waals surface area contributed by atoms with Crippen LogP contribution in [0.25, 0.3) is 0 Å². The molecule has 1 N–H and O–H groups in total. The van der Waals surface area contributed by atoms with Crippen LogP contribution in [0.1, 0.15) is 12.5 Å². The van der Waals surface area contributed by atoms with Crippen LogP contribution in [0.5, 0.6) is 17.2 Å². The fourth-order valence-corrected chi connectivity index (χ4v) is 2.87. The van der Waals surface area contributed by atoms with Crippen molar-refractivity contribution in [2.45, 2.75) is 12.5 Å². The molecule has 1 heterocycles. The van der Waals surface area contributed by atoms with Gasteiger partial charge in [0.15, 0.2) is 0 Å². The number of hydrogen-bond donors (Lipinski definition) is 1. The smallest absolute Gasteiger partial charge is 0.435 e. The van der Waals surface area contributed by atoms with E-state index in [0.29, 0.717) is 27.8 Å². The molecule has 0 saturated carbocycles. The molecule has 0 bridgehead atoms. The molecule has 7 nitrogen and oxygen atoms in total. The first kappa shape index (κ1) is 18.5. The van der Waals surface area contributed by atoms with Gasteiger partial charge in [-0.2, -0.15) is 0 Å². The van der Waals surface area contributed by atoms with Crippen molar-refractivity contribution < 1.29 is 23.9 Å². The van der Waals surface area contributed by atoms with Crippen LogP contribution in [-0.2, 0) is 15.1 Å². The maximum Gasteiger partial charge on any atom is 0.435 e. The minimum Gasteiger partial charge on any atom is -0.457 e. The van der Waals surface area contributed by atoms with E-state index in [1.54, 1.807) is 48.5 Å². The zero-order valence-electron chi connectivity index (χ0n) is 15.6. The molecule has 1 saturated heterocycles. The van der Waals surface area contributed by atoms with Gasteiger partial charge in [-0.25, -0.2) is 4.79 Å². The van der Waals surface area contributed by atoms with E-state index in [1.807, 2.05) is 36.4 Å². The average molecular weight is 390 g/mol. The summed E-state index contributed by atoms with van der Waals surface area (Å²) >= 11 is 0. The zero-order chi connectivity index (χ0) is 20.3. The molecule has 1 atom stereocenters. The van der Waals surface area contributed by atoms with Crippen molar-refractivity contribution in [3.8, 4) is 17.2 Å². The van der Waals surface area contributed by atoms with Crippen LogP contribution in [0, 0.1) is 0 Å². The topological polar surface area (TPSA) is 77.1 Å². The summed E-state index contributed by atoms with van der Waals surface area (Å²) in [6, 6.07) is 24.9. The molecule has 3 aromatic carbocycles. The lowest BCUT2D eigenvalue weighted by atomic mass is 9.95. The van der Waals surface area contributed by atoms with Gasteiger partial charge in [0.1, 0.15) is 17.2 Å². The van der Waals surface area contributed by atoms with Gasteiger partial charge in [-0.05, 0) is 43.3 Å². The Kier molecular flexibility index (Phi) is 4.88. The summed E-state index contributed by atoms with van der Waals surface area (Å²) in [4.78, 5) is 30.3. The van der Waals surface area contributed by atoms with E-state index < -0.39 is 17.6 Å². The van der Waals surface area contributed by atoms with Crippen molar-refractivity contribution in [3.05, 3.63) is 90.5 Å². The van der Waals surface area contributed by atoms with Gasteiger partial charge < -0.3 is 14.3 Å². The van der Waals surface area contributed by atoms with Crippen LogP contribution in [0.2, 0.25) is 0 Å². The Balaban J connectivity index is 1.47. The lowest BCUT2D eigenvalue weighted by molar-refractivity contribution is -0.142. The number of carbonyl (C=O) groups is 2. The molecule has 146 valence electrons. The van der Waals surface area contributed by atoms with Gasteiger partial charge in [0.05, 0.1) is 0 Å². The van der Waals surface area contributed by atoms with E-state index in [0.717, 1.165) is 0 Å². The Bertz CT molecular complexity index is 1010. The van der Waals surface area contributed by atoms with Crippen molar-refractivity contribution in [3.63, 3.8) is 0 Å². The second-order valence-corrected chi connectivity index (χ2v) is 6.49. The summed E-state index contributed by atoms with van der Waals surface area (Å²) in [7, 11) is 0. The molecule has 0 aromatic heterocycles. The Morgan fingerprint density at radius 3 is 1.97 bits per heavy atom. The lowest BCUT2D eigenvalue weighted by Crippen LogP contribution is -2.46. The molecule has 1 aliphatic rings. The Hall–Kier alpha value is -3.84. The first-order valence-corrected chi connectivity index (χ1v) is 8.95. The number of carbonyl (C=O) groups excluding carboxylic acids is 2. The molecule has 0 unspecified atom stereocenters. The minimum absolute atomic E-state index is 0.448. The van der Waals surface area contributed by atoms with Crippen LogP contribution in [-0.4, -0.2) is 17.0 Å². The molecular formula is C22H18N2O5. The van der Waals surface area contributed by atoms with Crippen molar-refractivity contribution in [1.29, 1.82) is 0 Å². The third-order valence-corrected chi connectivity index (χ3v) is 4.47. The van der Waals surface area contributed by atoms with Gasteiger partial charge in [0, 0.05) is 5.56 Å². The van der Waals surface area contributed by atoms with E-state index >= 15 is 0 Å². The van der Waals surface area contributed by atoms with E-state index in [2.05, 4.69) is 5.59 Å². The number of hydrogen-bond acceptors (Lipinski definition) is 6. The highest BCUT2D eigenvalue weighted by molar-refractivity contribution is 6.02. The third kappa shape index (κ3) is 3.76. The largest absolute Gasteiger partial charge is 0.457 e. The summed E-state index contributed by atoms with van der Waals surface area (Å²) < 4.78 is 11.1. The maximum absolute atomic E-state index is 12.8. The standard InChI is InChI=1S/C22H18N2O5/c1-22(16-12-14-18(15-13-16)27-17-8-4-2-5-9-17)20(25)24(21(26)28-22)23-29-19-10-6-3-7-11-19/h2-15,23H,1H3/t22-/m0/s1. The number of ether oxygens (including phenoxy) is 2.